The second-order valence-electron chi connectivity index (χ2n) is 28.2. The number of carbonyl (C=O) groups is 9. The molecule has 0 spiro atoms. The van der Waals surface area contributed by atoms with Gasteiger partial charge in [-0.1, -0.05) is 205 Å². The topological polar surface area (TPSA) is 237 Å². The molecule has 0 aliphatic heterocycles. The van der Waals surface area contributed by atoms with E-state index in [9.17, 15) is 43.2 Å². The molecular weight excluding hydrogens is 1410 g/mol. The summed E-state index contributed by atoms with van der Waals surface area (Å²) >= 11 is 12.1. The van der Waals surface area contributed by atoms with Gasteiger partial charge in [0.1, 0.15) is 50.2 Å². The van der Waals surface area contributed by atoms with Crippen LogP contribution >= 0.6 is 82.3 Å². The van der Waals surface area contributed by atoms with Crippen molar-refractivity contribution in [2.24, 2.45) is 10.8 Å². The Labute approximate surface area is 634 Å². The third-order valence-corrected chi connectivity index (χ3v) is 19.4. The van der Waals surface area contributed by atoms with Gasteiger partial charge in [0.15, 0.2) is 0 Å². The minimum absolute atomic E-state index is 0.0213. The molecule has 0 rings (SSSR count). The van der Waals surface area contributed by atoms with Gasteiger partial charge in [-0.2, -0.15) is 70.6 Å². The molecule has 0 aliphatic rings. The van der Waals surface area contributed by atoms with E-state index in [1.807, 2.05) is 37.4 Å². The van der Waals surface area contributed by atoms with Crippen molar-refractivity contribution >= 4 is 136 Å². The Morgan fingerprint density at radius 1 is 0.310 bits per heavy atom. The molecule has 25 heteroatoms. The highest BCUT2D eigenvalue weighted by atomic mass is 32.2. The van der Waals surface area contributed by atoms with Crippen LogP contribution in [0, 0.1) is 10.8 Å². The molecule has 0 aliphatic carbocycles. The number of hydrogen-bond acceptors (Lipinski definition) is 25. The first kappa shape index (κ1) is 109. The molecule has 0 radical (unpaired) electrons. The average Bonchev–Trinajstić information content (AvgIpc) is 0.973. The van der Waals surface area contributed by atoms with Gasteiger partial charge in [0.05, 0.1) is 6.61 Å². The molecule has 0 heterocycles. The Hall–Kier alpha value is -4.66. The molecule has 578 valence electrons. The van der Waals surface area contributed by atoms with Crippen LogP contribution in [0.5, 0.6) is 0 Å². The van der Waals surface area contributed by atoms with Gasteiger partial charge in [0, 0.05) is 107 Å². The molecule has 0 aromatic heterocycles. The maximum absolute atomic E-state index is 11.2. The molecule has 0 aromatic rings. The first-order valence-corrected chi connectivity index (χ1v) is 39.5. The molecule has 0 aromatic carbocycles. The summed E-state index contributed by atoms with van der Waals surface area (Å²) in [5, 5.41) is 0. The van der Waals surface area contributed by atoms with E-state index in [2.05, 4.69) is 205 Å². The number of esters is 9. The zero-order valence-corrected chi connectivity index (χ0v) is 70.7. The van der Waals surface area contributed by atoms with Gasteiger partial charge in [-0.05, 0) is 48.4 Å². The molecule has 0 bridgehead atoms. The van der Waals surface area contributed by atoms with E-state index in [-0.39, 0.29) is 79.7 Å². The van der Waals surface area contributed by atoms with Gasteiger partial charge in [0.25, 0.3) is 0 Å². The van der Waals surface area contributed by atoms with E-state index in [0.29, 0.717) is 40.8 Å². The van der Waals surface area contributed by atoms with Crippen molar-refractivity contribution in [3.63, 3.8) is 0 Å². The van der Waals surface area contributed by atoms with Gasteiger partial charge in [-0.15, -0.1) is 11.8 Å². The van der Waals surface area contributed by atoms with Crippen LogP contribution < -0.4 is 0 Å². The van der Waals surface area contributed by atoms with E-state index in [4.69, 9.17) is 42.6 Å². The maximum atomic E-state index is 11.2. The molecule has 18 nitrogen and oxygen atoms in total. The highest BCUT2D eigenvalue weighted by Gasteiger charge is 2.22. The predicted molar refractivity (Wildman–Crippen MR) is 432 cm³/mol. The van der Waals surface area contributed by atoms with Crippen molar-refractivity contribution in [3.8, 4) is 0 Å². The Bertz CT molecular complexity index is 2410. The van der Waals surface area contributed by atoms with Crippen molar-refractivity contribution in [2.75, 3.05) is 78.4 Å². The van der Waals surface area contributed by atoms with Crippen LogP contribution in [0.2, 0.25) is 0 Å². The fraction of sp³-hybridized carbons (Fsp3) is 0.640. The minimum Gasteiger partial charge on any atom is -0.463 e. The van der Waals surface area contributed by atoms with E-state index in [1.54, 1.807) is 58.8 Å². The average molecular weight is 1540 g/mol. The smallest absolute Gasteiger partial charge is 0.330 e. The van der Waals surface area contributed by atoms with Crippen LogP contribution in [0.4, 0.5) is 0 Å². The summed E-state index contributed by atoms with van der Waals surface area (Å²) in [7, 11) is 0. The zero-order chi connectivity index (χ0) is 79.6. The zero-order valence-electron chi connectivity index (χ0n) is 65.0. The van der Waals surface area contributed by atoms with Gasteiger partial charge in [0.2, 0.25) is 0 Å². The Balaban J connectivity index is -0.000000203. The summed E-state index contributed by atoms with van der Waals surface area (Å²) in [6.45, 7) is 79.4. The summed E-state index contributed by atoms with van der Waals surface area (Å²) in [6.07, 6.45) is 10.1. The van der Waals surface area contributed by atoms with Crippen LogP contribution in [-0.2, 0) is 85.8 Å². The second-order valence-corrected chi connectivity index (χ2v) is 39.5. The lowest BCUT2D eigenvalue weighted by molar-refractivity contribution is -0.151. The molecule has 0 saturated carbocycles. The predicted octanol–water partition coefficient (Wildman–Crippen LogP) is 17.5. The molecule has 0 amide bonds. The SMILES string of the molecule is C=CC(=O)OC(C)CSC(C)(C)C.C=CC(=O)OC(C)CSCC(C)(C)C.C=CC(=O)OCC(CSC(C)(C)C)OC(=O)C=C.C=CC(=O)OCC(CSCC(C)(C)C)OC(=O)C=C.C=CC(=O)OCCCSC(C)(C)C.C=CC(=O)OCCSC(C)(C)C.C=CC(=O)OCSC(C)(C)C. The lowest BCUT2D eigenvalue weighted by atomic mass is 10.0. The van der Waals surface area contributed by atoms with E-state index < -0.39 is 36.1 Å². The van der Waals surface area contributed by atoms with Crippen LogP contribution in [0.3, 0.4) is 0 Å². The molecule has 0 N–H and O–H groups in total. The maximum Gasteiger partial charge on any atom is 0.330 e. The number of rotatable bonds is 36. The fourth-order valence-corrected chi connectivity index (χ4v) is 11.1. The third kappa shape index (κ3) is 99.7. The quantitative estimate of drug-likeness (QED) is 0.0186. The molecule has 0 saturated heterocycles. The summed E-state index contributed by atoms with van der Waals surface area (Å²) in [4.78, 5) is 97.7. The number of carbonyl (C=O) groups excluding carboxylic acids is 9. The first-order valence-electron chi connectivity index (χ1n) is 32.3. The molecule has 4 atom stereocenters. The van der Waals surface area contributed by atoms with Crippen molar-refractivity contribution in [3.05, 3.63) is 114 Å². The highest BCUT2D eigenvalue weighted by Crippen LogP contribution is 2.28. The summed E-state index contributed by atoms with van der Waals surface area (Å²) < 4.78 is 45.4. The van der Waals surface area contributed by atoms with Gasteiger partial charge >= 0.3 is 53.7 Å². The normalized spacial score (nSPS) is 12.2. The van der Waals surface area contributed by atoms with Crippen molar-refractivity contribution in [1.29, 1.82) is 0 Å². The van der Waals surface area contributed by atoms with Crippen molar-refractivity contribution in [2.45, 2.75) is 214 Å². The van der Waals surface area contributed by atoms with Crippen LogP contribution in [0.15, 0.2) is 114 Å². The first-order chi connectivity index (χ1) is 45.6. The molecule has 0 fully saturated rings. The summed E-state index contributed by atoms with van der Waals surface area (Å²) in [5.41, 5.74) is 0.516. The third-order valence-electron chi connectivity index (χ3n) is 9.33. The van der Waals surface area contributed by atoms with Gasteiger partial charge in [-0.25, -0.2) is 43.2 Å². The lowest BCUT2D eigenvalue weighted by Crippen LogP contribution is -2.28. The van der Waals surface area contributed by atoms with Gasteiger partial charge < -0.3 is 42.6 Å². The van der Waals surface area contributed by atoms with Crippen LogP contribution in [0.1, 0.15) is 166 Å². The second kappa shape index (κ2) is 61.8. The largest absolute Gasteiger partial charge is 0.463 e. The van der Waals surface area contributed by atoms with Crippen molar-refractivity contribution in [1.82, 2.24) is 0 Å². The Morgan fingerprint density at radius 2 is 0.590 bits per heavy atom. The van der Waals surface area contributed by atoms with Gasteiger partial charge in [-0.3, -0.25) is 0 Å². The standard InChI is InChI=1S/C14H22O4S.C13H20O4S.C11H20O2S.2C10H18O2S.C9H16O2S.C8H14O2S/c1-6-12(15)17-8-11(18-13(16)7-2)9-19-10-14(3,4)5;1-6-11(14)16-8-10(17-12(15)7-2)9-18-13(3,4)5;1-6-10(12)13-9(2)7-14-8-11(3,4)5;1-6-9(11)12-8(2)7-13-10(3,4)5;1-5-9(11)12-7-6-8-13-10(2,3)4;1-5-8(10)11-6-7-12-9(2,3)4;1-5-7(9)10-6-11-8(2,3)4/h6-7,11H,1-2,8-10H2,3-5H3;6-7,10H,1-2,8-9H2,3-5H3;6,9H,1,7-8H2,2-5H3;6,8H,1,7H2,2-5H3;5H,1,6-8H2,2-4H3;5H,1,6-7H2,2-4H3;5H,1,6H2,2-4H3. The van der Waals surface area contributed by atoms with Crippen molar-refractivity contribution < 1.29 is 85.8 Å². The van der Waals surface area contributed by atoms with E-state index in [1.165, 1.54) is 30.4 Å². The van der Waals surface area contributed by atoms with Crippen LogP contribution in [0.25, 0.3) is 0 Å². The number of hydrogen-bond donors (Lipinski definition) is 0. The van der Waals surface area contributed by atoms with E-state index >= 15 is 0 Å². The molecule has 100 heavy (non-hydrogen) atoms. The molecular formula is C75H128O18S7. The number of thioether (sulfide) groups is 7. The summed E-state index contributed by atoms with van der Waals surface area (Å²) in [5.74, 6) is 3.21. The van der Waals surface area contributed by atoms with E-state index in [0.717, 1.165) is 65.2 Å². The fourth-order valence-electron chi connectivity index (χ4n) is 4.97. The number of ether oxygens (including phenoxy) is 9. The van der Waals surface area contributed by atoms with Crippen LogP contribution in [-0.4, -0.2) is 180 Å². The Morgan fingerprint density at radius 3 is 0.930 bits per heavy atom. The summed E-state index contributed by atoms with van der Waals surface area (Å²) in [6, 6.07) is 0. The minimum atomic E-state index is -0.532. The molecule has 4 unspecified atom stereocenters. The Kier molecular flexibility index (Phi) is 67.2. The lowest BCUT2D eigenvalue weighted by Gasteiger charge is -2.22. The highest BCUT2D eigenvalue weighted by molar-refractivity contribution is 8.01. The monoisotopic (exact) mass is 1540 g/mol.